The van der Waals surface area contributed by atoms with Gasteiger partial charge in [0.25, 0.3) is 0 Å². The van der Waals surface area contributed by atoms with E-state index in [4.69, 9.17) is 4.98 Å². The van der Waals surface area contributed by atoms with E-state index in [-0.39, 0.29) is 5.82 Å². The Kier molecular flexibility index (Phi) is 7.54. The van der Waals surface area contributed by atoms with Crippen molar-refractivity contribution in [3.05, 3.63) is 90.8 Å². The topological polar surface area (TPSA) is 98.4 Å². The molecule has 0 spiro atoms. The molecule has 46 heavy (non-hydrogen) atoms. The number of fused-ring (bicyclic) bond motifs is 2. The Morgan fingerprint density at radius 3 is 2.67 bits per heavy atom. The SMILES string of the molecule is C=C(Nc1cncc(-c2ccc3[nH]nc(-c4nc5c(-c6cc(F)cc(CCCN7CCCC7)c6)nccc5[nH]4)c3c2)c1)C1CCC1. The first kappa shape index (κ1) is 28.6. The molecule has 0 radical (unpaired) electrons. The highest BCUT2D eigenvalue weighted by Gasteiger charge is 2.21. The van der Waals surface area contributed by atoms with Crippen molar-refractivity contribution in [2.75, 3.05) is 25.0 Å². The van der Waals surface area contributed by atoms with Crippen molar-refractivity contribution < 1.29 is 4.39 Å². The van der Waals surface area contributed by atoms with Crippen molar-refractivity contribution in [1.82, 2.24) is 35.0 Å². The number of anilines is 1. The summed E-state index contributed by atoms with van der Waals surface area (Å²) in [5, 5.41) is 12.2. The van der Waals surface area contributed by atoms with E-state index in [0.717, 1.165) is 69.4 Å². The van der Waals surface area contributed by atoms with E-state index >= 15 is 0 Å². The van der Waals surface area contributed by atoms with E-state index in [1.807, 2.05) is 24.5 Å². The minimum Gasteiger partial charge on any atom is -0.358 e. The smallest absolute Gasteiger partial charge is 0.159 e. The van der Waals surface area contributed by atoms with Crippen LogP contribution in [-0.4, -0.2) is 54.7 Å². The maximum Gasteiger partial charge on any atom is 0.159 e. The Morgan fingerprint density at radius 2 is 1.83 bits per heavy atom. The molecule has 0 atom stereocenters. The Morgan fingerprint density at radius 1 is 0.935 bits per heavy atom. The van der Waals surface area contributed by atoms with Gasteiger partial charge >= 0.3 is 0 Å². The van der Waals surface area contributed by atoms with Crippen molar-refractivity contribution in [1.29, 1.82) is 0 Å². The van der Waals surface area contributed by atoms with E-state index in [1.165, 1.54) is 45.2 Å². The zero-order valence-electron chi connectivity index (χ0n) is 25.8. The molecule has 2 aromatic carbocycles. The zero-order valence-corrected chi connectivity index (χ0v) is 25.8. The second kappa shape index (κ2) is 12.1. The summed E-state index contributed by atoms with van der Waals surface area (Å²) in [6.07, 6.45) is 13.5. The number of pyridine rings is 2. The first-order valence-electron chi connectivity index (χ1n) is 16.3. The van der Waals surface area contributed by atoms with Crippen LogP contribution in [0.1, 0.15) is 44.1 Å². The monoisotopic (exact) mass is 612 g/mol. The molecule has 5 heterocycles. The lowest BCUT2D eigenvalue weighted by Gasteiger charge is -2.28. The fourth-order valence-electron chi connectivity index (χ4n) is 6.79. The van der Waals surface area contributed by atoms with Crippen LogP contribution >= 0.6 is 0 Å². The van der Waals surface area contributed by atoms with Crippen LogP contribution in [-0.2, 0) is 6.42 Å². The van der Waals surface area contributed by atoms with Crippen LogP contribution in [0.4, 0.5) is 10.1 Å². The highest BCUT2D eigenvalue weighted by molar-refractivity contribution is 5.97. The van der Waals surface area contributed by atoms with Crippen molar-refractivity contribution in [3.8, 4) is 33.9 Å². The Bertz CT molecular complexity index is 2050. The maximum absolute atomic E-state index is 14.9. The van der Waals surface area contributed by atoms with Crippen LogP contribution in [0.25, 0.3) is 55.8 Å². The van der Waals surface area contributed by atoms with E-state index < -0.39 is 0 Å². The number of aromatic nitrogens is 6. The van der Waals surface area contributed by atoms with Gasteiger partial charge in [0.1, 0.15) is 17.0 Å². The number of rotatable bonds is 10. The highest BCUT2D eigenvalue weighted by Crippen LogP contribution is 2.35. The summed E-state index contributed by atoms with van der Waals surface area (Å²) in [5.74, 6) is 0.913. The fourth-order valence-corrected chi connectivity index (χ4v) is 6.79. The lowest BCUT2D eigenvalue weighted by molar-refractivity contribution is 0.334. The molecule has 2 fully saturated rings. The molecule has 2 aliphatic rings. The van der Waals surface area contributed by atoms with Gasteiger partial charge in [0, 0.05) is 34.6 Å². The molecular weight excluding hydrogens is 575 g/mol. The normalized spacial score (nSPS) is 15.5. The van der Waals surface area contributed by atoms with Crippen molar-refractivity contribution in [2.24, 2.45) is 5.92 Å². The number of imidazole rings is 1. The summed E-state index contributed by atoms with van der Waals surface area (Å²) in [6, 6.07) is 15.5. The van der Waals surface area contributed by atoms with Crippen LogP contribution in [0.2, 0.25) is 0 Å². The van der Waals surface area contributed by atoms with Gasteiger partial charge in [-0.1, -0.05) is 19.1 Å². The predicted molar refractivity (Wildman–Crippen MR) is 182 cm³/mol. The van der Waals surface area contributed by atoms with Gasteiger partial charge < -0.3 is 15.2 Å². The van der Waals surface area contributed by atoms with Crippen molar-refractivity contribution in [3.63, 3.8) is 0 Å². The molecule has 1 saturated carbocycles. The lowest BCUT2D eigenvalue weighted by Crippen LogP contribution is -2.20. The largest absolute Gasteiger partial charge is 0.358 e. The second-order valence-corrected chi connectivity index (χ2v) is 12.7. The van der Waals surface area contributed by atoms with E-state index in [0.29, 0.717) is 28.6 Å². The number of halogens is 1. The average molecular weight is 613 g/mol. The van der Waals surface area contributed by atoms with E-state index in [2.05, 4.69) is 66.2 Å². The summed E-state index contributed by atoms with van der Waals surface area (Å²) in [6.45, 7) is 7.64. The third-order valence-electron chi connectivity index (χ3n) is 9.53. The number of benzene rings is 2. The van der Waals surface area contributed by atoms with Crippen LogP contribution < -0.4 is 5.32 Å². The summed E-state index contributed by atoms with van der Waals surface area (Å²) < 4.78 is 14.9. The number of nitrogens with zero attached hydrogens (tertiary/aromatic N) is 5. The third kappa shape index (κ3) is 5.67. The zero-order chi connectivity index (χ0) is 31.0. The van der Waals surface area contributed by atoms with Gasteiger partial charge in [-0.3, -0.25) is 15.1 Å². The van der Waals surface area contributed by atoms with Gasteiger partial charge in [-0.2, -0.15) is 5.10 Å². The van der Waals surface area contributed by atoms with Gasteiger partial charge in [-0.25, -0.2) is 9.37 Å². The molecule has 1 aliphatic carbocycles. The standard InChI is InChI=1S/C37H37FN8/c1-23(25-7-4-8-25)41-30-19-28(21-39-22-30)26-9-10-32-31(20-26)35(45-44-32)37-42-33-11-12-40-34(36(33)43-37)27-16-24(17-29(38)18-27)6-5-15-46-13-2-3-14-46/h9-12,16-22,25,41H,1-8,13-15H2,(H,42,43)(H,44,45). The minimum atomic E-state index is -0.254. The number of likely N-dealkylation sites (tertiary alicyclic amines) is 1. The Labute approximate surface area is 267 Å². The number of hydrogen-bond acceptors (Lipinski definition) is 6. The first-order valence-corrected chi connectivity index (χ1v) is 16.3. The van der Waals surface area contributed by atoms with Crippen molar-refractivity contribution in [2.45, 2.75) is 44.9 Å². The molecule has 4 aromatic heterocycles. The summed E-state index contributed by atoms with van der Waals surface area (Å²) in [7, 11) is 0. The van der Waals surface area contributed by atoms with Crippen LogP contribution in [0.5, 0.6) is 0 Å². The van der Waals surface area contributed by atoms with Crippen molar-refractivity contribution >= 4 is 27.6 Å². The van der Waals surface area contributed by atoms with Gasteiger partial charge in [0.05, 0.1) is 28.6 Å². The molecule has 0 amide bonds. The molecule has 1 aliphatic heterocycles. The Balaban J connectivity index is 1.09. The number of aryl methyl sites for hydroxylation is 1. The molecule has 9 heteroatoms. The lowest BCUT2D eigenvalue weighted by atomic mass is 9.83. The summed E-state index contributed by atoms with van der Waals surface area (Å²) >= 11 is 0. The quantitative estimate of drug-likeness (QED) is 0.145. The van der Waals surface area contributed by atoms with Gasteiger partial charge in [0.15, 0.2) is 5.82 Å². The van der Waals surface area contributed by atoms with Gasteiger partial charge in [-0.05, 0) is 118 Å². The molecule has 6 aromatic rings. The molecule has 0 bridgehead atoms. The summed E-state index contributed by atoms with van der Waals surface area (Å²) in [4.78, 5) is 20.1. The first-order chi connectivity index (χ1) is 22.6. The van der Waals surface area contributed by atoms with Crippen LogP contribution in [0.3, 0.4) is 0 Å². The van der Waals surface area contributed by atoms with Gasteiger partial charge in [-0.15, -0.1) is 0 Å². The van der Waals surface area contributed by atoms with E-state index in [1.54, 1.807) is 18.3 Å². The third-order valence-corrected chi connectivity index (χ3v) is 9.53. The number of allylic oxidation sites excluding steroid dienone is 1. The molecule has 8 nitrogen and oxygen atoms in total. The maximum atomic E-state index is 14.9. The van der Waals surface area contributed by atoms with E-state index in [9.17, 15) is 4.39 Å². The molecule has 1 saturated heterocycles. The molecule has 8 rings (SSSR count). The molecule has 3 N–H and O–H groups in total. The molecule has 232 valence electrons. The second-order valence-electron chi connectivity index (χ2n) is 12.7. The van der Waals surface area contributed by atoms with Crippen LogP contribution in [0.15, 0.2) is 79.4 Å². The molecule has 0 unspecified atom stereocenters. The number of H-pyrrole nitrogens is 2. The van der Waals surface area contributed by atoms with Gasteiger partial charge in [0.2, 0.25) is 0 Å². The predicted octanol–water partition coefficient (Wildman–Crippen LogP) is 8.12. The average Bonchev–Trinajstić information content (AvgIpc) is 3.79. The highest BCUT2D eigenvalue weighted by atomic mass is 19.1. The summed E-state index contributed by atoms with van der Waals surface area (Å²) in [5.41, 5.74) is 9.51. The molecular formula is C37H37FN8. The Hall–Kier alpha value is -4.89. The number of hydrogen-bond donors (Lipinski definition) is 3. The number of nitrogens with one attached hydrogen (secondary N) is 3. The number of aromatic amines is 2. The minimum absolute atomic E-state index is 0.254. The fraction of sp³-hybridized carbons (Fsp3) is 0.297. The van der Waals surface area contributed by atoms with Crippen LogP contribution in [0, 0.1) is 11.7 Å².